The number of hydrogen-bond donors (Lipinski definition) is 2. The molecule has 0 unspecified atom stereocenters. The van der Waals surface area contributed by atoms with Gasteiger partial charge in [-0.05, 0) is 30.7 Å². The Labute approximate surface area is 129 Å². The van der Waals surface area contributed by atoms with Crippen molar-refractivity contribution in [2.24, 2.45) is 0 Å². The molecular weight excluding hydrogens is 298 g/mol. The SMILES string of the molecule is Cc1nc2nnc(-c3ccc(-c4cn[nH]c4)cc3O)cc2s1. The van der Waals surface area contributed by atoms with Gasteiger partial charge in [-0.15, -0.1) is 21.5 Å². The van der Waals surface area contributed by atoms with Crippen LogP contribution < -0.4 is 0 Å². The zero-order valence-corrected chi connectivity index (χ0v) is 12.4. The van der Waals surface area contributed by atoms with Crippen LogP contribution in [0.1, 0.15) is 5.01 Å². The average Bonchev–Trinajstić information content (AvgIpc) is 3.14. The Bertz CT molecular complexity index is 961. The van der Waals surface area contributed by atoms with Gasteiger partial charge in [0.05, 0.1) is 21.6 Å². The Hall–Kier alpha value is -2.80. The number of fused-ring (bicyclic) bond motifs is 1. The first-order valence-electron chi connectivity index (χ1n) is 6.64. The summed E-state index contributed by atoms with van der Waals surface area (Å²) >= 11 is 1.56. The molecule has 1 aromatic carbocycles. The number of nitrogens with zero attached hydrogens (tertiary/aromatic N) is 4. The predicted octanol–water partition coefficient (Wildman–Crippen LogP) is 3.16. The van der Waals surface area contributed by atoms with E-state index in [0.717, 1.165) is 20.8 Å². The third-order valence-corrected chi connectivity index (χ3v) is 4.27. The minimum absolute atomic E-state index is 0.161. The van der Waals surface area contributed by atoms with Gasteiger partial charge in [0.25, 0.3) is 0 Å². The number of aromatic hydroxyl groups is 1. The third-order valence-electron chi connectivity index (χ3n) is 3.37. The topological polar surface area (TPSA) is 87.6 Å². The van der Waals surface area contributed by atoms with Gasteiger partial charge >= 0.3 is 0 Å². The van der Waals surface area contributed by atoms with Gasteiger partial charge in [-0.2, -0.15) is 5.10 Å². The van der Waals surface area contributed by atoms with Gasteiger partial charge < -0.3 is 5.11 Å². The number of rotatable bonds is 2. The fraction of sp³-hybridized carbons (Fsp3) is 0.0667. The summed E-state index contributed by atoms with van der Waals surface area (Å²) in [5, 5.41) is 26.2. The van der Waals surface area contributed by atoms with Crippen molar-refractivity contribution in [2.75, 3.05) is 0 Å². The molecule has 0 aliphatic rings. The van der Waals surface area contributed by atoms with E-state index in [2.05, 4.69) is 25.4 Å². The summed E-state index contributed by atoms with van der Waals surface area (Å²) in [6.07, 6.45) is 3.49. The Balaban J connectivity index is 1.80. The first kappa shape index (κ1) is 12.9. The molecule has 22 heavy (non-hydrogen) atoms. The second-order valence-electron chi connectivity index (χ2n) is 4.87. The molecular formula is C15H11N5OS. The molecule has 0 amide bonds. The van der Waals surface area contributed by atoms with Crippen LogP contribution in [0.25, 0.3) is 32.7 Å². The number of hydrogen-bond acceptors (Lipinski definition) is 6. The quantitative estimate of drug-likeness (QED) is 0.594. The zero-order chi connectivity index (χ0) is 15.1. The highest BCUT2D eigenvalue weighted by atomic mass is 32.1. The predicted molar refractivity (Wildman–Crippen MR) is 84.6 cm³/mol. The van der Waals surface area contributed by atoms with Gasteiger partial charge in [-0.1, -0.05) is 6.07 Å². The highest BCUT2D eigenvalue weighted by molar-refractivity contribution is 7.18. The van der Waals surface area contributed by atoms with Gasteiger partial charge in [0, 0.05) is 17.3 Å². The summed E-state index contributed by atoms with van der Waals surface area (Å²) < 4.78 is 0.959. The lowest BCUT2D eigenvalue weighted by Gasteiger charge is -2.05. The number of aromatic nitrogens is 5. The second-order valence-corrected chi connectivity index (χ2v) is 6.10. The highest BCUT2D eigenvalue weighted by Gasteiger charge is 2.11. The highest BCUT2D eigenvalue weighted by Crippen LogP contribution is 2.33. The Morgan fingerprint density at radius 1 is 1.14 bits per heavy atom. The molecule has 0 saturated heterocycles. The lowest BCUT2D eigenvalue weighted by atomic mass is 10.0. The minimum Gasteiger partial charge on any atom is -0.507 e. The van der Waals surface area contributed by atoms with Crippen molar-refractivity contribution in [2.45, 2.75) is 6.92 Å². The summed E-state index contributed by atoms with van der Waals surface area (Å²) in [7, 11) is 0. The van der Waals surface area contributed by atoms with Gasteiger partial charge in [-0.3, -0.25) is 5.10 Å². The third kappa shape index (κ3) is 2.11. The first-order valence-corrected chi connectivity index (χ1v) is 7.46. The van der Waals surface area contributed by atoms with E-state index in [1.165, 1.54) is 0 Å². The molecule has 0 aliphatic carbocycles. The van der Waals surface area contributed by atoms with Crippen LogP contribution >= 0.6 is 11.3 Å². The van der Waals surface area contributed by atoms with E-state index in [0.29, 0.717) is 16.9 Å². The normalized spacial score (nSPS) is 11.1. The summed E-state index contributed by atoms with van der Waals surface area (Å²) in [5.74, 6) is 0.161. The standard InChI is InChI=1S/C15H11N5OS/c1-8-18-15-14(22-8)5-12(19-20-15)11-3-2-9(4-13(11)21)10-6-16-17-7-10/h2-7,21H,1H3,(H,16,17). The Kier molecular flexibility index (Phi) is 2.87. The maximum Gasteiger partial charge on any atom is 0.192 e. The van der Waals surface area contributed by atoms with Crippen molar-refractivity contribution >= 4 is 21.7 Å². The molecule has 4 aromatic rings. The van der Waals surface area contributed by atoms with Crippen LogP contribution in [0, 0.1) is 6.92 Å². The van der Waals surface area contributed by atoms with Gasteiger partial charge in [-0.25, -0.2) is 4.98 Å². The van der Waals surface area contributed by atoms with E-state index in [9.17, 15) is 5.11 Å². The van der Waals surface area contributed by atoms with Crippen LogP contribution in [0.5, 0.6) is 5.75 Å². The lowest BCUT2D eigenvalue weighted by molar-refractivity contribution is 0.477. The van der Waals surface area contributed by atoms with Crippen molar-refractivity contribution in [1.82, 2.24) is 25.4 Å². The summed E-state index contributed by atoms with van der Waals surface area (Å²) in [4.78, 5) is 4.29. The van der Waals surface area contributed by atoms with Crippen molar-refractivity contribution in [1.29, 1.82) is 0 Å². The van der Waals surface area contributed by atoms with E-state index in [4.69, 9.17) is 0 Å². The van der Waals surface area contributed by atoms with Crippen LogP contribution in [-0.4, -0.2) is 30.5 Å². The van der Waals surface area contributed by atoms with Crippen molar-refractivity contribution in [3.63, 3.8) is 0 Å². The number of aryl methyl sites for hydroxylation is 1. The molecule has 0 saturated carbocycles. The maximum atomic E-state index is 10.3. The van der Waals surface area contributed by atoms with E-state index in [-0.39, 0.29) is 5.75 Å². The molecule has 0 spiro atoms. The molecule has 6 nitrogen and oxygen atoms in total. The number of aromatic amines is 1. The molecule has 3 aromatic heterocycles. The lowest BCUT2D eigenvalue weighted by Crippen LogP contribution is -1.89. The van der Waals surface area contributed by atoms with E-state index in [1.807, 2.05) is 25.1 Å². The fourth-order valence-corrected chi connectivity index (χ4v) is 3.12. The van der Waals surface area contributed by atoms with Gasteiger partial charge in [0.1, 0.15) is 5.75 Å². The smallest absolute Gasteiger partial charge is 0.192 e. The van der Waals surface area contributed by atoms with Crippen LogP contribution in [0.4, 0.5) is 0 Å². The number of phenols is 1. The average molecular weight is 309 g/mol. The molecule has 0 atom stereocenters. The van der Waals surface area contributed by atoms with Crippen LogP contribution in [0.2, 0.25) is 0 Å². The van der Waals surface area contributed by atoms with E-state index >= 15 is 0 Å². The van der Waals surface area contributed by atoms with Crippen molar-refractivity contribution in [3.05, 3.63) is 41.7 Å². The molecule has 0 fully saturated rings. The molecule has 108 valence electrons. The maximum absolute atomic E-state index is 10.3. The zero-order valence-electron chi connectivity index (χ0n) is 11.6. The number of nitrogens with one attached hydrogen (secondary N) is 1. The molecule has 0 bridgehead atoms. The van der Waals surface area contributed by atoms with E-state index < -0.39 is 0 Å². The summed E-state index contributed by atoms with van der Waals surface area (Å²) in [6, 6.07) is 7.36. The minimum atomic E-state index is 0.161. The second kappa shape index (κ2) is 4.88. The largest absolute Gasteiger partial charge is 0.507 e. The molecule has 4 rings (SSSR count). The number of benzene rings is 1. The number of thiazole rings is 1. The summed E-state index contributed by atoms with van der Waals surface area (Å²) in [6.45, 7) is 1.93. The fourth-order valence-electron chi connectivity index (χ4n) is 2.32. The van der Waals surface area contributed by atoms with Crippen LogP contribution in [-0.2, 0) is 0 Å². The first-order chi connectivity index (χ1) is 10.7. The number of phenolic OH excluding ortho intramolecular Hbond substituents is 1. The summed E-state index contributed by atoms with van der Waals surface area (Å²) in [5.41, 5.74) is 3.72. The monoisotopic (exact) mass is 309 g/mol. The van der Waals surface area contributed by atoms with Crippen molar-refractivity contribution < 1.29 is 5.11 Å². The van der Waals surface area contributed by atoms with Crippen LogP contribution in [0.3, 0.4) is 0 Å². The van der Waals surface area contributed by atoms with Crippen molar-refractivity contribution in [3.8, 4) is 28.1 Å². The molecule has 0 radical (unpaired) electrons. The Morgan fingerprint density at radius 2 is 2.05 bits per heavy atom. The Morgan fingerprint density at radius 3 is 2.82 bits per heavy atom. The van der Waals surface area contributed by atoms with Gasteiger partial charge in [0.15, 0.2) is 5.65 Å². The molecule has 0 aliphatic heterocycles. The number of H-pyrrole nitrogens is 1. The molecule has 3 heterocycles. The van der Waals surface area contributed by atoms with Gasteiger partial charge in [0.2, 0.25) is 0 Å². The van der Waals surface area contributed by atoms with E-state index in [1.54, 1.807) is 29.8 Å². The molecule has 2 N–H and O–H groups in total. The molecule has 7 heteroatoms. The van der Waals surface area contributed by atoms with Crippen LogP contribution in [0.15, 0.2) is 36.7 Å².